The van der Waals surface area contributed by atoms with Crippen LogP contribution in [0.2, 0.25) is 5.02 Å². The number of hydrogen-bond acceptors (Lipinski definition) is 5. The van der Waals surface area contributed by atoms with E-state index in [1.54, 1.807) is 28.9 Å². The molecule has 0 atom stereocenters. The van der Waals surface area contributed by atoms with E-state index in [0.717, 1.165) is 28.1 Å². The smallest absolute Gasteiger partial charge is 0.255 e. The summed E-state index contributed by atoms with van der Waals surface area (Å²) in [5, 5.41) is 6.08. The third kappa shape index (κ3) is 4.95. The van der Waals surface area contributed by atoms with Crippen LogP contribution in [0.4, 0.5) is 10.2 Å². The lowest BCUT2D eigenvalue weighted by Crippen LogP contribution is -2.49. The van der Waals surface area contributed by atoms with Crippen molar-refractivity contribution in [1.82, 2.24) is 24.6 Å². The Morgan fingerprint density at radius 2 is 1.59 bits per heavy atom. The van der Waals surface area contributed by atoms with E-state index in [1.807, 2.05) is 42.2 Å². The van der Waals surface area contributed by atoms with Crippen LogP contribution in [-0.2, 0) is 6.42 Å². The zero-order valence-corrected chi connectivity index (χ0v) is 22.1. The molecule has 0 saturated carbocycles. The maximum atomic E-state index is 13.7. The number of aryl methyl sites for hydroxylation is 1. The lowest BCUT2D eigenvalue weighted by Gasteiger charge is -2.36. The molecule has 1 fully saturated rings. The molecule has 0 aliphatic carbocycles. The highest BCUT2D eigenvalue weighted by Gasteiger charge is 2.27. The Bertz CT molecular complexity index is 1650. The van der Waals surface area contributed by atoms with Crippen LogP contribution in [0.25, 0.3) is 16.7 Å². The van der Waals surface area contributed by atoms with Crippen molar-refractivity contribution in [1.29, 1.82) is 0 Å². The molecule has 1 amide bonds. The molecule has 7 nitrogen and oxygen atoms in total. The number of amides is 1. The Kier molecular flexibility index (Phi) is 6.70. The lowest BCUT2D eigenvalue weighted by atomic mass is 10.1. The molecule has 3 aromatic carbocycles. The van der Waals surface area contributed by atoms with Gasteiger partial charge in [-0.15, -0.1) is 0 Å². The minimum atomic E-state index is -0.309. The van der Waals surface area contributed by atoms with E-state index in [0.29, 0.717) is 54.7 Å². The first-order chi connectivity index (χ1) is 19.0. The van der Waals surface area contributed by atoms with Gasteiger partial charge in [0, 0.05) is 32.6 Å². The molecule has 196 valence electrons. The highest BCUT2D eigenvalue weighted by atomic mass is 35.5. The maximum Gasteiger partial charge on any atom is 0.255 e. The molecule has 1 aliphatic rings. The first kappa shape index (κ1) is 25.0. The molecule has 0 unspecified atom stereocenters. The van der Waals surface area contributed by atoms with E-state index in [4.69, 9.17) is 26.7 Å². The Labute approximate surface area is 230 Å². The highest BCUT2D eigenvalue weighted by molar-refractivity contribution is 6.33. The van der Waals surface area contributed by atoms with Crippen LogP contribution in [0.3, 0.4) is 0 Å². The minimum absolute atomic E-state index is 0.0711. The van der Waals surface area contributed by atoms with Crippen molar-refractivity contribution in [3.63, 3.8) is 0 Å². The number of benzene rings is 3. The Hall–Kier alpha value is -4.30. The average molecular weight is 541 g/mol. The van der Waals surface area contributed by atoms with Gasteiger partial charge in [-0.05, 0) is 48.9 Å². The molecule has 0 N–H and O–H groups in total. The van der Waals surface area contributed by atoms with Crippen LogP contribution in [0, 0.1) is 12.7 Å². The highest BCUT2D eigenvalue weighted by Crippen LogP contribution is 2.30. The number of nitrogens with zero attached hydrogens (tertiary/aromatic N) is 6. The summed E-state index contributed by atoms with van der Waals surface area (Å²) in [6.45, 7) is 4.22. The summed E-state index contributed by atoms with van der Waals surface area (Å²) in [6.07, 6.45) is 0.558. The number of aromatic nitrogens is 4. The monoisotopic (exact) mass is 540 g/mol. The Balaban J connectivity index is 1.37. The number of piperazine rings is 1. The minimum Gasteiger partial charge on any atom is -0.352 e. The molecule has 0 spiro atoms. The van der Waals surface area contributed by atoms with Gasteiger partial charge in [-0.1, -0.05) is 54.1 Å². The molecule has 1 aliphatic heterocycles. The summed E-state index contributed by atoms with van der Waals surface area (Å²) >= 11 is 6.29. The fraction of sp³-hybridized carbons (Fsp3) is 0.200. The Morgan fingerprint density at radius 1 is 0.897 bits per heavy atom. The number of carbonyl (C=O) groups excluding carboxylic acids is 1. The summed E-state index contributed by atoms with van der Waals surface area (Å²) < 4.78 is 15.4. The van der Waals surface area contributed by atoms with E-state index in [9.17, 15) is 9.18 Å². The molecule has 0 bridgehead atoms. The van der Waals surface area contributed by atoms with Gasteiger partial charge in [0.15, 0.2) is 5.65 Å². The van der Waals surface area contributed by atoms with Gasteiger partial charge in [0.05, 0.1) is 27.4 Å². The van der Waals surface area contributed by atoms with Gasteiger partial charge in [0.25, 0.3) is 5.91 Å². The molecule has 3 heterocycles. The molecule has 39 heavy (non-hydrogen) atoms. The van der Waals surface area contributed by atoms with Crippen LogP contribution in [0.5, 0.6) is 0 Å². The largest absolute Gasteiger partial charge is 0.352 e. The van der Waals surface area contributed by atoms with E-state index in [1.165, 1.54) is 12.1 Å². The normalized spacial score (nSPS) is 13.7. The number of fused-ring (bicyclic) bond motifs is 1. The summed E-state index contributed by atoms with van der Waals surface area (Å²) in [5.41, 5.74) is 3.79. The van der Waals surface area contributed by atoms with Crippen LogP contribution in [0.15, 0.2) is 78.9 Å². The fourth-order valence-corrected chi connectivity index (χ4v) is 5.20. The molecule has 1 saturated heterocycles. The van der Waals surface area contributed by atoms with Crippen LogP contribution in [-0.4, -0.2) is 56.7 Å². The third-order valence-corrected chi connectivity index (χ3v) is 7.31. The topological polar surface area (TPSA) is 67.2 Å². The average Bonchev–Trinajstić information content (AvgIpc) is 3.29. The van der Waals surface area contributed by atoms with Crippen LogP contribution in [0.1, 0.15) is 27.4 Å². The fourth-order valence-electron chi connectivity index (χ4n) is 4.98. The summed E-state index contributed by atoms with van der Waals surface area (Å²) in [5.74, 6) is 1.08. The zero-order chi connectivity index (χ0) is 26.9. The number of rotatable bonds is 5. The third-order valence-electron chi connectivity index (χ3n) is 6.98. The number of hydrogen-bond donors (Lipinski definition) is 0. The zero-order valence-electron chi connectivity index (χ0n) is 21.4. The van der Waals surface area contributed by atoms with Gasteiger partial charge >= 0.3 is 0 Å². The van der Waals surface area contributed by atoms with Crippen molar-refractivity contribution in [3.05, 3.63) is 112 Å². The SMILES string of the molecule is Cc1nn(-c2ccc(F)cc2)c2nc(Cc3ccccc3)nc(N3CCN(C(=O)c4ccccc4Cl)CC3)c12. The van der Waals surface area contributed by atoms with E-state index < -0.39 is 0 Å². The van der Waals surface area contributed by atoms with Crippen LogP contribution >= 0.6 is 11.6 Å². The first-order valence-corrected chi connectivity index (χ1v) is 13.2. The number of anilines is 1. The summed E-state index contributed by atoms with van der Waals surface area (Å²) in [4.78, 5) is 27.1. The maximum absolute atomic E-state index is 13.7. The van der Waals surface area contributed by atoms with Gasteiger partial charge < -0.3 is 9.80 Å². The van der Waals surface area contributed by atoms with Crippen molar-refractivity contribution in [2.75, 3.05) is 31.1 Å². The van der Waals surface area contributed by atoms with Gasteiger partial charge in [-0.3, -0.25) is 4.79 Å². The van der Waals surface area contributed by atoms with E-state index >= 15 is 0 Å². The van der Waals surface area contributed by atoms with Crippen molar-refractivity contribution in [2.45, 2.75) is 13.3 Å². The molecule has 0 radical (unpaired) electrons. The van der Waals surface area contributed by atoms with E-state index in [2.05, 4.69) is 17.0 Å². The van der Waals surface area contributed by atoms with E-state index in [-0.39, 0.29) is 11.7 Å². The second-order valence-electron chi connectivity index (χ2n) is 9.56. The number of halogens is 2. The molecule has 9 heteroatoms. The van der Waals surface area contributed by atoms with Gasteiger partial charge in [0.2, 0.25) is 0 Å². The quantitative estimate of drug-likeness (QED) is 0.296. The van der Waals surface area contributed by atoms with Crippen molar-refractivity contribution >= 4 is 34.4 Å². The second kappa shape index (κ2) is 10.5. The van der Waals surface area contributed by atoms with Crippen molar-refractivity contribution < 1.29 is 9.18 Å². The molecule has 6 rings (SSSR count). The van der Waals surface area contributed by atoms with Crippen molar-refractivity contribution in [2.24, 2.45) is 0 Å². The second-order valence-corrected chi connectivity index (χ2v) is 9.96. The lowest BCUT2D eigenvalue weighted by molar-refractivity contribution is 0.0746. The molecular formula is C30H26ClFN6O. The molecule has 2 aromatic heterocycles. The van der Waals surface area contributed by atoms with Crippen LogP contribution < -0.4 is 4.90 Å². The molecular weight excluding hydrogens is 515 g/mol. The van der Waals surface area contributed by atoms with Gasteiger partial charge in [-0.25, -0.2) is 19.0 Å². The van der Waals surface area contributed by atoms with Gasteiger partial charge in [0.1, 0.15) is 17.5 Å². The first-order valence-electron chi connectivity index (χ1n) is 12.8. The summed E-state index contributed by atoms with van der Waals surface area (Å²) in [7, 11) is 0. The molecule has 5 aromatic rings. The summed E-state index contributed by atoms with van der Waals surface area (Å²) in [6, 6.07) is 23.4. The number of carbonyl (C=O) groups is 1. The predicted molar refractivity (Wildman–Crippen MR) is 150 cm³/mol. The standard InChI is InChI=1S/C30H26ClFN6O/c1-20-27-28(36-15-17-37(18-16-36)30(39)24-9-5-6-10-25(24)31)33-26(19-21-7-3-2-4-8-21)34-29(27)38(35-20)23-13-11-22(32)12-14-23/h2-14H,15-19H2,1H3. The predicted octanol–water partition coefficient (Wildman–Crippen LogP) is 5.47. The Morgan fingerprint density at radius 3 is 2.31 bits per heavy atom. The van der Waals surface area contributed by atoms with Gasteiger partial charge in [-0.2, -0.15) is 5.10 Å². The van der Waals surface area contributed by atoms with Crippen molar-refractivity contribution in [3.8, 4) is 5.69 Å².